The first kappa shape index (κ1) is 13.4. The molecule has 2 heteroatoms. The zero-order chi connectivity index (χ0) is 14.8. The van der Waals surface area contributed by atoms with Crippen molar-refractivity contribution in [2.75, 3.05) is 0 Å². The molecular weight excluding hydrogens is 260 g/mol. The summed E-state index contributed by atoms with van der Waals surface area (Å²) >= 11 is 0. The normalized spacial score (nSPS) is 12.2. The second-order valence-corrected chi connectivity index (χ2v) is 5.22. The maximum Gasteiger partial charge on any atom is 0.335 e. The van der Waals surface area contributed by atoms with E-state index < -0.39 is 5.97 Å². The van der Waals surface area contributed by atoms with Crippen molar-refractivity contribution in [1.29, 1.82) is 0 Å². The first-order chi connectivity index (χ1) is 10.2. The van der Waals surface area contributed by atoms with Crippen LogP contribution in [0.2, 0.25) is 0 Å². The molecule has 3 aromatic carbocycles. The van der Waals surface area contributed by atoms with Crippen molar-refractivity contribution >= 4 is 16.7 Å². The SMILES string of the molecule is C[C@H](c1ccc2ccccc2c1)c1ccccc1C(=O)O. The standard InChI is InChI=1S/C19H16O2/c1-13(17-8-4-5-9-18(17)19(20)21)15-11-10-14-6-2-3-7-16(14)12-15/h2-13H,1H3,(H,20,21)/t13-/m1/s1. The fourth-order valence-corrected chi connectivity index (χ4v) is 2.73. The molecule has 1 N–H and O–H groups in total. The predicted molar refractivity (Wildman–Crippen MR) is 84.9 cm³/mol. The molecule has 0 bridgehead atoms. The molecule has 0 aromatic heterocycles. The Bertz CT molecular complexity index is 805. The fourth-order valence-electron chi connectivity index (χ4n) is 2.73. The molecule has 0 unspecified atom stereocenters. The molecule has 3 rings (SSSR count). The van der Waals surface area contributed by atoms with Gasteiger partial charge in [0.05, 0.1) is 5.56 Å². The van der Waals surface area contributed by atoms with E-state index in [0.29, 0.717) is 5.56 Å². The third kappa shape index (κ3) is 2.52. The maximum atomic E-state index is 11.4. The van der Waals surface area contributed by atoms with E-state index >= 15 is 0 Å². The van der Waals surface area contributed by atoms with Crippen molar-refractivity contribution in [3.8, 4) is 0 Å². The van der Waals surface area contributed by atoms with Gasteiger partial charge in [0.25, 0.3) is 0 Å². The monoisotopic (exact) mass is 276 g/mol. The van der Waals surface area contributed by atoms with E-state index in [9.17, 15) is 9.90 Å². The lowest BCUT2D eigenvalue weighted by Crippen LogP contribution is -2.06. The Labute approximate surface area is 123 Å². The molecule has 0 heterocycles. The first-order valence-corrected chi connectivity index (χ1v) is 6.98. The van der Waals surface area contributed by atoms with E-state index in [1.54, 1.807) is 12.1 Å². The molecular formula is C19H16O2. The molecule has 0 spiro atoms. The number of aromatic carboxylic acids is 1. The summed E-state index contributed by atoms with van der Waals surface area (Å²) in [7, 11) is 0. The van der Waals surface area contributed by atoms with Crippen LogP contribution in [0.3, 0.4) is 0 Å². The van der Waals surface area contributed by atoms with Crippen molar-refractivity contribution in [2.24, 2.45) is 0 Å². The Kier molecular flexibility index (Phi) is 3.44. The van der Waals surface area contributed by atoms with Gasteiger partial charge in [0.1, 0.15) is 0 Å². The van der Waals surface area contributed by atoms with Gasteiger partial charge in [0.15, 0.2) is 0 Å². The van der Waals surface area contributed by atoms with Crippen LogP contribution in [0.1, 0.15) is 34.3 Å². The third-order valence-corrected chi connectivity index (χ3v) is 3.93. The lowest BCUT2D eigenvalue weighted by atomic mass is 9.88. The van der Waals surface area contributed by atoms with Crippen molar-refractivity contribution in [3.63, 3.8) is 0 Å². The molecule has 0 fully saturated rings. The molecule has 0 saturated carbocycles. The third-order valence-electron chi connectivity index (χ3n) is 3.93. The molecule has 21 heavy (non-hydrogen) atoms. The van der Waals surface area contributed by atoms with Crippen LogP contribution in [0.15, 0.2) is 66.7 Å². The van der Waals surface area contributed by atoms with Crippen LogP contribution < -0.4 is 0 Å². The summed E-state index contributed by atoms with van der Waals surface area (Å²) in [5, 5.41) is 11.7. The molecule has 0 aliphatic rings. The summed E-state index contributed by atoms with van der Waals surface area (Å²) in [4.78, 5) is 11.4. The Hall–Kier alpha value is -2.61. The van der Waals surface area contributed by atoms with Gasteiger partial charge in [-0.05, 0) is 28.0 Å². The van der Waals surface area contributed by atoms with Crippen LogP contribution in [-0.4, -0.2) is 11.1 Å². The molecule has 2 nitrogen and oxygen atoms in total. The van der Waals surface area contributed by atoms with Crippen LogP contribution in [-0.2, 0) is 0 Å². The molecule has 104 valence electrons. The van der Waals surface area contributed by atoms with E-state index in [-0.39, 0.29) is 5.92 Å². The Morgan fingerprint density at radius 1 is 0.905 bits per heavy atom. The largest absolute Gasteiger partial charge is 0.478 e. The van der Waals surface area contributed by atoms with Gasteiger partial charge in [0, 0.05) is 5.92 Å². The van der Waals surface area contributed by atoms with Gasteiger partial charge in [-0.3, -0.25) is 0 Å². The number of rotatable bonds is 3. The van der Waals surface area contributed by atoms with Crippen molar-refractivity contribution < 1.29 is 9.90 Å². The predicted octanol–water partition coefficient (Wildman–Crippen LogP) is 4.69. The molecule has 1 atom stereocenters. The summed E-state index contributed by atoms with van der Waals surface area (Å²) in [6, 6.07) is 21.7. The fraction of sp³-hybridized carbons (Fsp3) is 0.105. The average Bonchev–Trinajstić information content (AvgIpc) is 2.53. The highest BCUT2D eigenvalue weighted by atomic mass is 16.4. The molecule has 0 radical (unpaired) electrons. The summed E-state index contributed by atoms with van der Waals surface area (Å²) in [6.45, 7) is 2.05. The number of benzene rings is 3. The molecule has 0 saturated heterocycles. The highest BCUT2D eigenvalue weighted by Crippen LogP contribution is 2.29. The number of carbonyl (C=O) groups is 1. The van der Waals surface area contributed by atoms with Gasteiger partial charge in [-0.25, -0.2) is 4.79 Å². The number of hydrogen-bond acceptors (Lipinski definition) is 1. The van der Waals surface area contributed by atoms with E-state index in [2.05, 4.69) is 30.3 Å². The Morgan fingerprint density at radius 2 is 1.57 bits per heavy atom. The summed E-state index contributed by atoms with van der Waals surface area (Å²) < 4.78 is 0. The minimum atomic E-state index is -0.877. The topological polar surface area (TPSA) is 37.3 Å². The minimum absolute atomic E-state index is 0.0434. The van der Waals surface area contributed by atoms with E-state index in [0.717, 1.165) is 11.1 Å². The van der Waals surface area contributed by atoms with Crippen LogP contribution in [0.25, 0.3) is 10.8 Å². The second kappa shape index (κ2) is 5.41. The smallest absolute Gasteiger partial charge is 0.335 e. The van der Waals surface area contributed by atoms with E-state index in [1.165, 1.54) is 10.8 Å². The van der Waals surface area contributed by atoms with Crippen molar-refractivity contribution in [3.05, 3.63) is 83.4 Å². The van der Waals surface area contributed by atoms with Crippen LogP contribution >= 0.6 is 0 Å². The number of fused-ring (bicyclic) bond motifs is 1. The Balaban J connectivity index is 2.08. The average molecular weight is 276 g/mol. The number of carboxylic acids is 1. The van der Waals surface area contributed by atoms with Gasteiger partial charge in [-0.1, -0.05) is 67.6 Å². The van der Waals surface area contributed by atoms with Gasteiger partial charge in [-0.2, -0.15) is 0 Å². The maximum absolute atomic E-state index is 11.4. The molecule has 0 aliphatic carbocycles. The number of hydrogen-bond donors (Lipinski definition) is 1. The van der Waals surface area contributed by atoms with Crippen LogP contribution in [0.4, 0.5) is 0 Å². The van der Waals surface area contributed by atoms with Gasteiger partial charge in [0.2, 0.25) is 0 Å². The summed E-state index contributed by atoms with van der Waals surface area (Å²) in [5.41, 5.74) is 2.35. The first-order valence-electron chi connectivity index (χ1n) is 6.98. The zero-order valence-electron chi connectivity index (χ0n) is 11.8. The molecule has 0 amide bonds. The summed E-state index contributed by atoms with van der Waals surface area (Å²) in [6.07, 6.45) is 0. The van der Waals surface area contributed by atoms with Gasteiger partial charge in [-0.15, -0.1) is 0 Å². The summed E-state index contributed by atoms with van der Waals surface area (Å²) in [5.74, 6) is -0.833. The highest BCUT2D eigenvalue weighted by molar-refractivity contribution is 5.90. The highest BCUT2D eigenvalue weighted by Gasteiger charge is 2.16. The van der Waals surface area contributed by atoms with Gasteiger partial charge < -0.3 is 5.11 Å². The van der Waals surface area contributed by atoms with Gasteiger partial charge >= 0.3 is 5.97 Å². The lowest BCUT2D eigenvalue weighted by molar-refractivity contribution is 0.0695. The van der Waals surface area contributed by atoms with E-state index in [4.69, 9.17) is 0 Å². The van der Waals surface area contributed by atoms with E-state index in [1.807, 2.05) is 31.2 Å². The van der Waals surface area contributed by atoms with Crippen molar-refractivity contribution in [2.45, 2.75) is 12.8 Å². The lowest BCUT2D eigenvalue weighted by Gasteiger charge is -2.15. The zero-order valence-corrected chi connectivity index (χ0v) is 11.8. The van der Waals surface area contributed by atoms with Crippen molar-refractivity contribution in [1.82, 2.24) is 0 Å². The molecule has 0 aliphatic heterocycles. The minimum Gasteiger partial charge on any atom is -0.478 e. The van der Waals surface area contributed by atoms with Crippen LogP contribution in [0.5, 0.6) is 0 Å². The molecule has 3 aromatic rings. The Morgan fingerprint density at radius 3 is 2.33 bits per heavy atom. The number of carboxylic acid groups (broad SMARTS) is 1. The van der Waals surface area contributed by atoms with Crippen LogP contribution in [0, 0.1) is 0 Å². The quantitative estimate of drug-likeness (QED) is 0.753. The second-order valence-electron chi connectivity index (χ2n) is 5.22.